The van der Waals surface area contributed by atoms with Crippen molar-refractivity contribution in [1.29, 1.82) is 0 Å². The van der Waals surface area contributed by atoms with Crippen LogP contribution in [0.5, 0.6) is 0 Å². The second-order valence-electron chi connectivity index (χ2n) is 4.47. The number of alkyl halides is 1. The van der Waals surface area contributed by atoms with Crippen molar-refractivity contribution in [3.63, 3.8) is 0 Å². The molecule has 13 heavy (non-hydrogen) atoms. The van der Waals surface area contributed by atoms with Crippen molar-refractivity contribution in [2.75, 3.05) is 24.6 Å². The van der Waals surface area contributed by atoms with Gasteiger partial charge in [-0.2, -0.15) is 11.8 Å². The molecular formula is C10H18FNS. The Balaban J connectivity index is 1.98. The molecule has 2 aliphatic rings. The van der Waals surface area contributed by atoms with E-state index in [-0.39, 0.29) is 5.92 Å². The summed E-state index contributed by atoms with van der Waals surface area (Å²) in [6.07, 6.45) is 2.44. The molecule has 0 spiro atoms. The molecule has 0 aromatic heterocycles. The Morgan fingerprint density at radius 3 is 2.62 bits per heavy atom. The van der Waals surface area contributed by atoms with E-state index in [1.807, 2.05) is 11.8 Å². The number of nitrogens with one attached hydrogen (secondary N) is 1. The van der Waals surface area contributed by atoms with Crippen LogP contribution in [0.4, 0.5) is 4.39 Å². The van der Waals surface area contributed by atoms with E-state index in [1.165, 1.54) is 24.3 Å². The summed E-state index contributed by atoms with van der Waals surface area (Å²) in [7, 11) is 0. The molecule has 2 aliphatic heterocycles. The molecule has 2 atom stereocenters. The zero-order chi connectivity index (χ0) is 9.31. The van der Waals surface area contributed by atoms with E-state index < -0.39 is 5.67 Å². The molecule has 2 saturated heterocycles. The molecule has 0 saturated carbocycles. The van der Waals surface area contributed by atoms with Gasteiger partial charge in [-0.15, -0.1) is 0 Å². The lowest BCUT2D eigenvalue weighted by Crippen LogP contribution is -2.35. The summed E-state index contributed by atoms with van der Waals surface area (Å²) in [5.41, 5.74) is -0.952. The monoisotopic (exact) mass is 203 g/mol. The molecule has 3 heteroatoms. The highest BCUT2D eigenvalue weighted by Crippen LogP contribution is 2.38. The lowest BCUT2D eigenvalue weighted by molar-refractivity contribution is 0.104. The molecule has 1 N–H and O–H groups in total. The Morgan fingerprint density at radius 1 is 1.38 bits per heavy atom. The van der Waals surface area contributed by atoms with E-state index in [9.17, 15) is 4.39 Å². The maximum atomic E-state index is 14.0. The van der Waals surface area contributed by atoms with Crippen molar-refractivity contribution in [3.8, 4) is 0 Å². The van der Waals surface area contributed by atoms with E-state index >= 15 is 0 Å². The fraction of sp³-hybridized carbons (Fsp3) is 1.00. The topological polar surface area (TPSA) is 12.0 Å². The van der Waals surface area contributed by atoms with Gasteiger partial charge in [-0.25, -0.2) is 4.39 Å². The highest BCUT2D eigenvalue weighted by Gasteiger charge is 2.43. The summed E-state index contributed by atoms with van der Waals surface area (Å²) >= 11 is 2.01. The Morgan fingerprint density at radius 2 is 2.08 bits per heavy atom. The summed E-state index contributed by atoms with van der Waals surface area (Å²) in [6, 6.07) is 0. The van der Waals surface area contributed by atoms with Crippen LogP contribution in [0.2, 0.25) is 0 Å². The van der Waals surface area contributed by atoms with Crippen LogP contribution < -0.4 is 5.32 Å². The van der Waals surface area contributed by atoms with Gasteiger partial charge in [-0.1, -0.05) is 0 Å². The molecule has 0 aromatic rings. The van der Waals surface area contributed by atoms with Crippen molar-refractivity contribution >= 4 is 11.8 Å². The van der Waals surface area contributed by atoms with Gasteiger partial charge < -0.3 is 5.32 Å². The second kappa shape index (κ2) is 3.77. The number of rotatable bonds is 1. The second-order valence-corrected chi connectivity index (χ2v) is 5.69. The first-order chi connectivity index (χ1) is 6.20. The quantitative estimate of drug-likeness (QED) is 0.700. The van der Waals surface area contributed by atoms with Crippen molar-refractivity contribution in [3.05, 3.63) is 0 Å². The first-order valence-corrected chi connectivity index (χ1v) is 6.33. The van der Waals surface area contributed by atoms with Gasteiger partial charge in [0, 0.05) is 19.0 Å². The van der Waals surface area contributed by atoms with Gasteiger partial charge in [0.1, 0.15) is 5.67 Å². The molecule has 2 rings (SSSR count). The average Bonchev–Trinajstić information content (AvgIpc) is 2.47. The maximum absolute atomic E-state index is 14.0. The zero-order valence-corrected chi connectivity index (χ0v) is 9.00. The molecule has 0 amide bonds. The van der Waals surface area contributed by atoms with Gasteiger partial charge in [-0.05, 0) is 37.2 Å². The molecule has 2 unspecified atom stereocenters. The summed E-state index contributed by atoms with van der Waals surface area (Å²) in [6.45, 7) is 3.21. The molecule has 1 nitrogen and oxygen atoms in total. The predicted molar refractivity (Wildman–Crippen MR) is 55.9 cm³/mol. The van der Waals surface area contributed by atoms with Crippen LogP contribution in [0.1, 0.15) is 19.8 Å². The SMILES string of the molecule is CC1(F)CNCC1C1CCSCC1. The summed E-state index contributed by atoms with van der Waals surface area (Å²) in [4.78, 5) is 0. The largest absolute Gasteiger partial charge is 0.313 e. The first kappa shape index (κ1) is 9.78. The molecule has 76 valence electrons. The van der Waals surface area contributed by atoms with E-state index in [4.69, 9.17) is 0 Å². The van der Waals surface area contributed by atoms with Crippen molar-refractivity contribution in [2.24, 2.45) is 11.8 Å². The molecule has 2 fully saturated rings. The van der Waals surface area contributed by atoms with Crippen LogP contribution in [0.15, 0.2) is 0 Å². The molecule has 2 heterocycles. The van der Waals surface area contributed by atoms with Crippen LogP contribution in [0, 0.1) is 11.8 Å². The minimum atomic E-state index is -0.952. The van der Waals surface area contributed by atoms with Crippen LogP contribution in [-0.4, -0.2) is 30.3 Å². The lowest BCUT2D eigenvalue weighted by atomic mass is 9.80. The highest BCUT2D eigenvalue weighted by atomic mass is 32.2. The van der Waals surface area contributed by atoms with Gasteiger partial charge >= 0.3 is 0 Å². The Bertz CT molecular complexity index is 178. The fourth-order valence-corrected chi connectivity index (χ4v) is 3.74. The third-order valence-corrected chi connectivity index (χ3v) is 4.49. The Hall–Kier alpha value is 0.240. The van der Waals surface area contributed by atoms with E-state index in [1.54, 1.807) is 6.92 Å². The van der Waals surface area contributed by atoms with E-state index in [0.29, 0.717) is 12.5 Å². The van der Waals surface area contributed by atoms with Gasteiger partial charge in [-0.3, -0.25) is 0 Å². The Labute approximate surface area is 83.9 Å². The third kappa shape index (κ3) is 2.01. The van der Waals surface area contributed by atoms with Gasteiger partial charge in [0.25, 0.3) is 0 Å². The molecule has 0 aliphatic carbocycles. The number of hydrogen-bond acceptors (Lipinski definition) is 2. The average molecular weight is 203 g/mol. The minimum absolute atomic E-state index is 0.272. The van der Waals surface area contributed by atoms with Crippen molar-refractivity contribution in [2.45, 2.75) is 25.4 Å². The summed E-state index contributed by atoms with van der Waals surface area (Å²) < 4.78 is 14.0. The van der Waals surface area contributed by atoms with Gasteiger partial charge in [0.15, 0.2) is 0 Å². The molecule has 0 bridgehead atoms. The normalized spacial score (nSPS) is 42.5. The van der Waals surface area contributed by atoms with E-state index in [2.05, 4.69) is 5.32 Å². The number of thioether (sulfide) groups is 1. The van der Waals surface area contributed by atoms with E-state index in [0.717, 1.165) is 6.54 Å². The summed E-state index contributed by atoms with van der Waals surface area (Å²) in [5.74, 6) is 3.37. The van der Waals surface area contributed by atoms with Crippen LogP contribution in [0.3, 0.4) is 0 Å². The van der Waals surface area contributed by atoms with Crippen LogP contribution in [-0.2, 0) is 0 Å². The lowest BCUT2D eigenvalue weighted by Gasteiger charge is -2.32. The number of hydrogen-bond donors (Lipinski definition) is 1. The van der Waals surface area contributed by atoms with Gasteiger partial charge in [0.05, 0.1) is 0 Å². The highest BCUT2D eigenvalue weighted by molar-refractivity contribution is 7.99. The smallest absolute Gasteiger partial charge is 0.124 e. The summed E-state index contributed by atoms with van der Waals surface area (Å²) in [5, 5.41) is 3.18. The Kier molecular flexibility index (Phi) is 2.84. The first-order valence-electron chi connectivity index (χ1n) is 5.17. The molecule has 0 radical (unpaired) electrons. The maximum Gasteiger partial charge on any atom is 0.124 e. The van der Waals surface area contributed by atoms with Crippen molar-refractivity contribution < 1.29 is 4.39 Å². The number of halogens is 1. The molecular weight excluding hydrogens is 185 g/mol. The standard InChI is InChI=1S/C10H18FNS/c1-10(11)7-12-6-9(10)8-2-4-13-5-3-8/h8-9,12H,2-7H2,1H3. The fourth-order valence-electron chi connectivity index (χ4n) is 2.59. The zero-order valence-electron chi connectivity index (χ0n) is 8.18. The van der Waals surface area contributed by atoms with Crippen molar-refractivity contribution in [1.82, 2.24) is 5.32 Å². The van der Waals surface area contributed by atoms with Crippen LogP contribution >= 0.6 is 11.8 Å². The molecule has 0 aromatic carbocycles. The predicted octanol–water partition coefficient (Wildman–Crippen LogP) is 2.08. The third-order valence-electron chi connectivity index (χ3n) is 3.44. The van der Waals surface area contributed by atoms with Gasteiger partial charge in [0.2, 0.25) is 0 Å². The minimum Gasteiger partial charge on any atom is -0.313 e. The van der Waals surface area contributed by atoms with Crippen LogP contribution in [0.25, 0.3) is 0 Å².